The molecule has 0 unspecified atom stereocenters. The first kappa shape index (κ1) is 19.9. The van der Waals surface area contributed by atoms with Crippen LogP contribution in [0.15, 0.2) is 60.9 Å². The predicted molar refractivity (Wildman–Crippen MR) is 109 cm³/mol. The van der Waals surface area contributed by atoms with Crippen molar-refractivity contribution in [3.63, 3.8) is 0 Å². The van der Waals surface area contributed by atoms with Gasteiger partial charge in [-0.2, -0.15) is 0 Å². The van der Waals surface area contributed by atoms with Crippen molar-refractivity contribution >= 4 is 29.0 Å². The number of nitrogens with zero attached hydrogens (tertiary/aromatic N) is 2. The molecule has 0 atom stereocenters. The maximum absolute atomic E-state index is 13.7. The molecule has 7 nitrogen and oxygen atoms in total. The van der Waals surface area contributed by atoms with E-state index < -0.39 is 5.91 Å². The van der Waals surface area contributed by atoms with Crippen molar-refractivity contribution in [3.05, 3.63) is 78.0 Å². The average Bonchev–Trinajstić information content (AvgIpc) is 2.71. The molecular weight excluding hydrogens is 373 g/mol. The summed E-state index contributed by atoms with van der Waals surface area (Å²) in [4.78, 5) is 31.5. The normalized spacial score (nSPS) is 10.3. The molecule has 1 heterocycles. The number of anilines is 3. The summed E-state index contributed by atoms with van der Waals surface area (Å²) in [6, 6.07) is 14.8. The highest BCUT2D eigenvalue weighted by molar-refractivity contribution is 6.03. The third-order valence-electron chi connectivity index (χ3n) is 4.02. The highest BCUT2D eigenvalue weighted by Crippen LogP contribution is 2.15. The van der Waals surface area contributed by atoms with Crippen LogP contribution in [0.1, 0.15) is 23.0 Å². The van der Waals surface area contributed by atoms with Crippen LogP contribution in [-0.4, -0.2) is 28.3 Å². The number of hydrogen-bond acceptors (Lipinski definition) is 5. The van der Waals surface area contributed by atoms with E-state index in [4.69, 9.17) is 0 Å². The third-order valence-corrected chi connectivity index (χ3v) is 4.02. The fourth-order valence-electron chi connectivity index (χ4n) is 2.64. The van der Waals surface area contributed by atoms with Gasteiger partial charge in [0.2, 0.25) is 5.91 Å². The number of benzene rings is 2. The summed E-state index contributed by atoms with van der Waals surface area (Å²) in [6.45, 7) is 1.89. The number of halogens is 1. The lowest BCUT2D eigenvalue weighted by molar-refractivity contribution is -0.114. The van der Waals surface area contributed by atoms with Crippen molar-refractivity contribution in [1.82, 2.24) is 9.97 Å². The Morgan fingerprint density at radius 1 is 0.966 bits per heavy atom. The second kappa shape index (κ2) is 9.41. The largest absolute Gasteiger partial charge is 0.370 e. The summed E-state index contributed by atoms with van der Waals surface area (Å²) in [6.07, 6.45) is 1.78. The Bertz CT molecular complexity index is 1010. The Morgan fingerprint density at radius 3 is 2.34 bits per heavy atom. The molecule has 8 heteroatoms. The molecule has 0 bridgehead atoms. The Kier molecular flexibility index (Phi) is 6.47. The summed E-state index contributed by atoms with van der Waals surface area (Å²) >= 11 is 0. The maximum Gasteiger partial charge on any atom is 0.274 e. The first-order valence-electron chi connectivity index (χ1n) is 8.99. The Hall–Kier alpha value is -3.81. The number of aromatic nitrogens is 2. The zero-order chi connectivity index (χ0) is 20.6. The number of nitrogens with one attached hydrogen (secondary N) is 3. The fraction of sp³-hybridized carbons (Fsp3) is 0.143. The van der Waals surface area contributed by atoms with Crippen LogP contribution in [0, 0.1) is 5.82 Å². The van der Waals surface area contributed by atoms with E-state index >= 15 is 0 Å². The molecule has 0 aliphatic rings. The Balaban J connectivity index is 1.57. The number of carbonyl (C=O) groups excluding carboxylic acids is 2. The number of hydrogen-bond donors (Lipinski definition) is 3. The standard InChI is InChI=1S/C21H20FN5O2/c1-14(28)26-16-6-8-17(9-7-16)27-21(29)19-12-20(25-13-24-19)23-11-10-15-4-2-3-5-18(15)22/h2-9,12-13H,10-11H2,1H3,(H,26,28)(H,27,29)(H,23,24,25). The highest BCUT2D eigenvalue weighted by atomic mass is 19.1. The van der Waals surface area contributed by atoms with Crippen molar-refractivity contribution in [3.8, 4) is 0 Å². The van der Waals surface area contributed by atoms with Gasteiger partial charge in [-0.25, -0.2) is 14.4 Å². The van der Waals surface area contributed by atoms with Crippen LogP contribution < -0.4 is 16.0 Å². The molecule has 3 aromatic rings. The lowest BCUT2D eigenvalue weighted by Gasteiger charge is -2.09. The van der Waals surface area contributed by atoms with E-state index in [2.05, 4.69) is 25.9 Å². The van der Waals surface area contributed by atoms with E-state index in [0.29, 0.717) is 35.7 Å². The highest BCUT2D eigenvalue weighted by Gasteiger charge is 2.10. The number of carbonyl (C=O) groups is 2. The smallest absolute Gasteiger partial charge is 0.274 e. The van der Waals surface area contributed by atoms with Gasteiger partial charge in [0.05, 0.1) is 0 Å². The second-order valence-electron chi connectivity index (χ2n) is 6.27. The van der Waals surface area contributed by atoms with Crippen LogP contribution in [0.2, 0.25) is 0 Å². The summed E-state index contributed by atoms with van der Waals surface area (Å²) < 4.78 is 13.7. The van der Waals surface area contributed by atoms with E-state index in [9.17, 15) is 14.0 Å². The molecule has 0 saturated heterocycles. The molecule has 0 aliphatic carbocycles. The molecule has 2 aromatic carbocycles. The summed E-state index contributed by atoms with van der Waals surface area (Å²) in [7, 11) is 0. The Labute approximate surface area is 167 Å². The SMILES string of the molecule is CC(=O)Nc1ccc(NC(=O)c2cc(NCCc3ccccc3F)ncn2)cc1. The minimum absolute atomic E-state index is 0.169. The molecular formula is C21H20FN5O2. The molecule has 2 amide bonds. The quantitative estimate of drug-likeness (QED) is 0.571. The van der Waals surface area contributed by atoms with Crippen molar-refractivity contribution in [2.45, 2.75) is 13.3 Å². The molecule has 3 rings (SSSR count). The van der Waals surface area contributed by atoms with Gasteiger partial charge in [-0.05, 0) is 42.3 Å². The first-order chi connectivity index (χ1) is 14.0. The lowest BCUT2D eigenvalue weighted by atomic mass is 10.1. The topological polar surface area (TPSA) is 96.0 Å². The van der Waals surface area contributed by atoms with Crippen molar-refractivity contribution in [1.29, 1.82) is 0 Å². The molecule has 3 N–H and O–H groups in total. The maximum atomic E-state index is 13.7. The van der Waals surface area contributed by atoms with E-state index in [-0.39, 0.29) is 17.4 Å². The van der Waals surface area contributed by atoms with Gasteiger partial charge in [0.15, 0.2) is 0 Å². The molecule has 0 aliphatic heterocycles. The molecule has 0 saturated carbocycles. The first-order valence-corrected chi connectivity index (χ1v) is 8.99. The predicted octanol–water partition coefficient (Wildman–Crippen LogP) is 3.48. The van der Waals surface area contributed by atoms with Gasteiger partial charge in [-0.3, -0.25) is 9.59 Å². The van der Waals surface area contributed by atoms with Gasteiger partial charge in [0, 0.05) is 30.9 Å². The van der Waals surface area contributed by atoms with Gasteiger partial charge in [0.25, 0.3) is 5.91 Å². The van der Waals surface area contributed by atoms with E-state index in [1.54, 1.807) is 42.5 Å². The van der Waals surface area contributed by atoms with Crippen molar-refractivity contribution < 1.29 is 14.0 Å². The molecule has 29 heavy (non-hydrogen) atoms. The van der Waals surface area contributed by atoms with Gasteiger partial charge in [0.1, 0.15) is 23.7 Å². The minimum Gasteiger partial charge on any atom is -0.370 e. The third kappa shape index (κ3) is 5.83. The van der Waals surface area contributed by atoms with Gasteiger partial charge >= 0.3 is 0 Å². The van der Waals surface area contributed by atoms with Crippen molar-refractivity contribution in [2.24, 2.45) is 0 Å². The van der Waals surface area contributed by atoms with Crippen LogP contribution in [0.4, 0.5) is 21.6 Å². The van der Waals surface area contributed by atoms with E-state index in [0.717, 1.165) is 0 Å². The molecule has 0 radical (unpaired) electrons. The monoisotopic (exact) mass is 393 g/mol. The van der Waals surface area contributed by atoms with Crippen molar-refractivity contribution in [2.75, 3.05) is 22.5 Å². The lowest BCUT2D eigenvalue weighted by Crippen LogP contribution is -2.15. The van der Waals surface area contributed by atoms with Gasteiger partial charge in [-0.1, -0.05) is 18.2 Å². The summed E-state index contributed by atoms with van der Waals surface area (Å²) in [5.41, 5.74) is 2.00. The van der Waals surface area contributed by atoms with Gasteiger partial charge < -0.3 is 16.0 Å². The average molecular weight is 393 g/mol. The molecule has 0 fully saturated rings. The van der Waals surface area contributed by atoms with Crippen LogP contribution in [0.3, 0.4) is 0 Å². The van der Waals surface area contributed by atoms with Crippen LogP contribution >= 0.6 is 0 Å². The summed E-state index contributed by atoms with van der Waals surface area (Å²) in [5.74, 6) is -0.335. The summed E-state index contributed by atoms with van der Waals surface area (Å²) in [5, 5.41) is 8.46. The zero-order valence-electron chi connectivity index (χ0n) is 15.8. The van der Waals surface area contributed by atoms with E-state index in [1.165, 1.54) is 25.4 Å². The minimum atomic E-state index is -0.392. The van der Waals surface area contributed by atoms with Crippen LogP contribution in [-0.2, 0) is 11.2 Å². The van der Waals surface area contributed by atoms with Gasteiger partial charge in [-0.15, -0.1) is 0 Å². The zero-order valence-corrected chi connectivity index (χ0v) is 15.8. The molecule has 148 valence electrons. The second-order valence-corrected chi connectivity index (χ2v) is 6.27. The Morgan fingerprint density at radius 2 is 1.66 bits per heavy atom. The fourth-order valence-corrected chi connectivity index (χ4v) is 2.64. The van der Waals surface area contributed by atoms with E-state index in [1.807, 2.05) is 0 Å². The number of rotatable bonds is 7. The van der Waals surface area contributed by atoms with Crippen LogP contribution in [0.25, 0.3) is 0 Å². The van der Waals surface area contributed by atoms with Crippen LogP contribution in [0.5, 0.6) is 0 Å². The molecule has 0 spiro atoms. The number of amides is 2. The molecule has 1 aromatic heterocycles.